The summed E-state index contributed by atoms with van der Waals surface area (Å²) in [7, 11) is 0. The molecule has 0 spiro atoms. The van der Waals surface area contributed by atoms with Crippen molar-refractivity contribution in [1.82, 2.24) is 0 Å². The molecule has 1 heterocycles. The summed E-state index contributed by atoms with van der Waals surface area (Å²) >= 11 is 1.69. The zero-order chi connectivity index (χ0) is 18.3. The van der Waals surface area contributed by atoms with E-state index in [2.05, 4.69) is 0 Å². The minimum absolute atomic E-state index is 0.141. The molecule has 0 unspecified atom stereocenters. The highest BCUT2D eigenvalue weighted by atomic mass is 32.2. The SMILES string of the molecule is CC(C)(C)C(=O)OCCCCCCSc1cc(=O)oc2ccccc12. The van der Waals surface area contributed by atoms with Gasteiger partial charge >= 0.3 is 11.6 Å². The molecule has 0 saturated heterocycles. The molecule has 25 heavy (non-hydrogen) atoms. The second-order valence-electron chi connectivity index (χ2n) is 7.07. The van der Waals surface area contributed by atoms with Crippen molar-refractivity contribution in [2.45, 2.75) is 51.3 Å². The quantitative estimate of drug-likeness (QED) is 0.285. The van der Waals surface area contributed by atoms with E-state index in [1.807, 2.05) is 45.0 Å². The van der Waals surface area contributed by atoms with Crippen molar-refractivity contribution in [3.63, 3.8) is 0 Å². The summed E-state index contributed by atoms with van der Waals surface area (Å²) in [6, 6.07) is 9.18. The van der Waals surface area contributed by atoms with Crippen LogP contribution in [0.5, 0.6) is 0 Å². The zero-order valence-electron chi connectivity index (χ0n) is 15.2. The van der Waals surface area contributed by atoms with Gasteiger partial charge in [0.2, 0.25) is 0 Å². The van der Waals surface area contributed by atoms with Gasteiger partial charge in [0, 0.05) is 16.3 Å². The summed E-state index contributed by atoms with van der Waals surface area (Å²) < 4.78 is 10.5. The third kappa shape index (κ3) is 6.24. The van der Waals surface area contributed by atoms with Crippen LogP contribution < -0.4 is 5.63 Å². The van der Waals surface area contributed by atoms with Gasteiger partial charge in [0.25, 0.3) is 0 Å². The number of carbonyl (C=O) groups is 1. The van der Waals surface area contributed by atoms with Crippen molar-refractivity contribution in [2.24, 2.45) is 5.41 Å². The Hall–Kier alpha value is -1.75. The van der Waals surface area contributed by atoms with Crippen LogP contribution in [0.1, 0.15) is 46.5 Å². The molecule has 1 aromatic heterocycles. The first kappa shape index (κ1) is 19.6. The second kappa shape index (κ2) is 9.09. The number of benzene rings is 1. The fraction of sp³-hybridized carbons (Fsp3) is 0.500. The van der Waals surface area contributed by atoms with Crippen molar-refractivity contribution < 1.29 is 13.9 Å². The van der Waals surface area contributed by atoms with Crippen molar-refractivity contribution in [3.8, 4) is 0 Å². The molecule has 0 aliphatic heterocycles. The maximum Gasteiger partial charge on any atom is 0.337 e. The van der Waals surface area contributed by atoms with Crippen LogP contribution in [0.15, 0.2) is 44.4 Å². The number of hydrogen-bond donors (Lipinski definition) is 0. The molecule has 0 radical (unpaired) electrons. The summed E-state index contributed by atoms with van der Waals surface area (Å²) in [5, 5.41) is 0.987. The lowest BCUT2D eigenvalue weighted by atomic mass is 9.97. The molecule has 0 bridgehead atoms. The highest BCUT2D eigenvalue weighted by molar-refractivity contribution is 7.99. The number of fused-ring (bicyclic) bond motifs is 1. The van der Waals surface area contributed by atoms with E-state index in [-0.39, 0.29) is 11.6 Å². The number of hydrogen-bond acceptors (Lipinski definition) is 5. The third-order valence-electron chi connectivity index (χ3n) is 3.75. The lowest BCUT2D eigenvalue weighted by molar-refractivity contribution is -0.153. The number of carbonyl (C=O) groups excluding carboxylic acids is 1. The molecule has 2 aromatic rings. The van der Waals surface area contributed by atoms with Gasteiger partial charge in [-0.05, 0) is 45.4 Å². The van der Waals surface area contributed by atoms with Gasteiger partial charge in [-0.15, -0.1) is 11.8 Å². The van der Waals surface area contributed by atoms with Crippen LogP contribution in [0.25, 0.3) is 11.0 Å². The average molecular weight is 362 g/mol. The molecule has 136 valence electrons. The van der Waals surface area contributed by atoms with E-state index in [0.29, 0.717) is 12.2 Å². The van der Waals surface area contributed by atoms with Gasteiger partial charge in [0.15, 0.2) is 0 Å². The van der Waals surface area contributed by atoms with Crippen molar-refractivity contribution in [1.29, 1.82) is 0 Å². The Balaban J connectivity index is 1.67. The Labute approximate surface area is 152 Å². The Bertz CT molecular complexity index is 758. The second-order valence-corrected chi connectivity index (χ2v) is 8.21. The Morgan fingerprint density at radius 1 is 1.12 bits per heavy atom. The number of esters is 1. The average Bonchev–Trinajstić information content (AvgIpc) is 2.55. The largest absolute Gasteiger partial charge is 0.465 e. The molecule has 1 aromatic carbocycles. The molecule has 2 rings (SSSR count). The van der Waals surface area contributed by atoms with E-state index in [1.54, 1.807) is 17.8 Å². The predicted molar refractivity (Wildman–Crippen MR) is 102 cm³/mol. The lowest BCUT2D eigenvalue weighted by Crippen LogP contribution is -2.23. The van der Waals surface area contributed by atoms with E-state index in [4.69, 9.17) is 9.15 Å². The molecule has 0 aliphatic carbocycles. The monoisotopic (exact) mass is 362 g/mol. The zero-order valence-corrected chi connectivity index (χ0v) is 16.0. The van der Waals surface area contributed by atoms with Crippen LogP contribution in [-0.2, 0) is 9.53 Å². The summed E-state index contributed by atoms with van der Waals surface area (Å²) in [4.78, 5) is 24.2. The highest BCUT2D eigenvalue weighted by Crippen LogP contribution is 2.27. The van der Waals surface area contributed by atoms with E-state index in [1.165, 1.54) is 0 Å². The molecule has 0 atom stereocenters. The fourth-order valence-corrected chi connectivity index (χ4v) is 3.39. The van der Waals surface area contributed by atoms with Gasteiger partial charge in [0.05, 0.1) is 12.0 Å². The molecule has 4 nitrogen and oxygen atoms in total. The van der Waals surface area contributed by atoms with Crippen LogP contribution in [0, 0.1) is 5.41 Å². The summed E-state index contributed by atoms with van der Waals surface area (Å²) in [6.45, 7) is 6.08. The topological polar surface area (TPSA) is 56.5 Å². The van der Waals surface area contributed by atoms with E-state index in [0.717, 1.165) is 41.7 Å². The van der Waals surface area contributed by atoms with Crippen molar-refractivity contribution >= 4 is 28.7 Å². The van der Waals surface area contributed by atoms with Gasteiger partial charge < -0.3 is 9.15 Å². The number of rotatable bonds is 8. The fourth-order valence-electron chi connectivity index (χ4n) is 2.32. The van der Waals surface area contributed by atoms with Crippen LogP contribution in [0.4, 0.5) is 0 Å². The Morgan fingerprint density at radius 3 is 2.60 bits per heavy atom. The van der Waals surface area contributed by atoms with Crippen LogP contribution in [0.3, 0.4) is 0 Å². The van der Waals surface area contributed by atoms with Gasteiger partial charge in [-0.3, -0.25) is 4.79 Å². The number of para-hydroxylation sites is 1. The number of unbranched alkanes of at least 4 members (excludes halogenated alkanes) is 3. The first-order valence-corrected chi connectivity index (χ1v) is 9.69. The van der Waals surface area contributed by atoms with Gasteiger partial charge in [-0.2, -0.15) is 0 Å². The first-order chi connectivity index (χ1) is 11.9. The summed E-state index contributed by atoms with van der Waals surface area (Å²) in [5.41, 5.74) is -0.0954. The van der Waals surface area contributed by atoms with Crippen LogP contribution in [-0.4, -0.2) is 18.3 Å². The first-order valence-electron chi connectivity index (χ1n) is 8.71. The summed E-state index contributed by atoms with van der Waals surface area (Å²) in [5.74, 6) is 0.813. The Kier molecular flexibility index (Phi) is 7.12. The molecule has 0 saturated carbocycles. The predicted octanol–water partition coefficient (Wildman–Crippen LogP) is 5.03. The molecular formula is C20H26O4S. The number of ether oxygens (including phenoxy) is 1. The molecule has 0 N–H and O–H groups in total. The van der Waals surface area contributed by atoms with Crippen LogP contribution in [0.2, 0.25) is 0 Å². The van der Waals surface area contributed by atoms with E-state index < -0.39 is 5.41 Å². The third-order valence-corrected chi connectivity index (χ3v) is 4.90. The molecule has 0 amide bonds. The molecular weight excluding hydrogens is 336 g/mol. The Morgan fingerprint density at radius 2 is 1.84 bits per heavy atom. The summed E-state index contributed by atoms with van der Waals surface area (Å²) in [6.07, 6.45) is 4.08. The maximum absolute atomic E-state index is 11.6. The van der Waals surface area contributed by atoms with Crippen molar-refractivity contribution in [2.75, 3.05) is 12.4 Å². The van der Waals surface area contributed by atoms with Gasteiger partial charge in [-0.1, -0.05) is 31.0 Å². The van der Waals surface area contributed by atoms with E-state index in [9.17, 15) is 9.59 Å². The molecule has 0 fully saturated rings. The van der Waals surface area contributed by atoms with Gasteiger partial charge in [0.1, 0.15) is 5.58 Å². The highest BCUT2D eigenvalue weighted by Gasteiger charge is 2.22. The van der Waals surface area contributed by atoms with Crippen LogP contribution >= 0.6 is 11.8 Å². The lowest BCUT2D eigenvalue weighted by Gasteiger charge is -2.16. The molecule has 5 heteroatoms. The molecule has 0 aliphatic rings. The normalized spacial score (nSPS) is 11.6. The minimum atomic E-state index is -0.429. The maximum atomic E-state index is 11.6. The van der Waals surface area contributed by atoms with E-state index >= 15 is 0 Å². The minimum Gasteiger partial charge on any atom is -0.465 e. The smallest absolute Gasteiger partial charge is 0.337 e. The van der Waals surface area contributed by atoms with Gasteiger partial charge in [-0.25, -0.2) is 4.79 Å². The van der Waals surface area contributed by atoms with Crippen molar-refractivity contribution in [3.05, 3.63) is 40.8 Å². The standard InChI is InChI=1S/C20H26O4S/c1-20(2,3)19(22)23-12-8-4-5-9-13-25-17-14-18(21)24-16-11-7-6-10-15(16)17/h6-7,10-11,14H,4-5,8-9,12-13H2,1-3H3. The number of thioether (sulfide) groups is 1.